The molecule has 3 aromatic carbocycles. The number of benzene rings is 3. The van der Waals surface area contributed by atoms with Gasteiger partial charge in [0.2, 0.25) is 35.9 Å². The van der Waals surface area contributed by atoms with Crippen molar-refractivity contribution in [1.82, 2.24) is 98.0 Å². The molecule has 126 heavy (non-hydrogen) atoms. The van der Waals surface area contributed by atoms with E-state index in [0.29, 0.717) is 55.4 Å². The van der Waals surface area contributed by atoms with Crippen LogP contribution in [0.3, 0.4) is 0 Å². The molecule has 1 aliphatic rings. The average Bonchev–Trinajstić information content (AvgIpc) is 1.39. The number of nitrogens with zero attached hydrogens (tertiary/aromatic N) is 20. The zero-order valence-corrected chi connectivity index (χ0v) is 63.3. The number of imidazole rings is 1. The van der Waals surface area contributed by atoms with Gasteiger partial charge < -0.3 is 45.6 Å². The molecule has 0 saturated heterocycles. The van der Waals surface area contributed by atoms with E-state index in [-0.39, 0.29) is 43.1 Å². The third kappa shape index (κ3) is 12.6. The molecular weight excluding hydrogens is 1750 g/mol. The van der Waals surface area contributed by atoms with Gasteiger partial charge >= 0.3 is 60.3 Å². The highest BCUT2D eigenvalue weighted by Crippen LogP contribution is 2.67. The van der Waals surface area contributed by atoms with Crippen LogP contribution in [0.15, 0.2) is 252 Å². The molecule has 33 nitrogen and oxygen atoms in total. The highest BCUT2D eigenvalue weighted by Gasteiger charge is 2.80. The second-order valence-corrected chi connectivity index (χ2v) is 29.5. The van der Waals surface area contributed by atoms with Crippen LogP contribution in [0.2, 0.25) is 0 Å². The Kier molecular flexibility index (Phi) is 18.3. The van der Waals surface area contributed by atoms with Crippen molar-refractivity contribution >= 4 is 48.8 Å². The van der Waals surface area contributed by atoms with E-state index in [1.54, 1.807) is 0 Å². The molecule has 19 rings (SSSR count). The Balaban J connectivity index is 1.16. The number of rotatable bonds is 19. The summed E-state index contributed by atoms with van der Waals surface area (Å²) in [6.45, 7) is -0.678. The third-order valence-corrected chi connectivity index (χ3v) is 22.6. The molecule has 0 amide bonds. The maximum absolute atomic E-state index is 18.3. The summed E-state index contributed by atoms with van der Waals surface area (Å²) in [4.78, 5) is 122. The van der Waals surface area contributed by atoms with Crippen molar-refractivity contribution in [2.24, 2.45) is 0 Å². The molecule has 0 radical (unpaired) electrons. The average molecular weight is 1790 g/mol. The molecule has 3 unspecified atom stereocenters. The highest BCUT2D eigenvalue weighted by molar-refractivity contribution is 7.18. The predicted octanol–water partition coefficient (Wildman–Crippen LogP) is 13.2. The van der Waals surface area contributed by atoms with Gasteiger partial charge in [-0.1, -0.05) is 61.3 Å². The van der Waals surface area contributed by atoms with E-state index in [4.69, 9.17) is 33.0 Å². The number of pyridine rings is 6. The first kappa shape index (κ1) is 80.1. The molecule has 636 valence electrons. The highest BCUT2D eigenvalue weighted by atomic mass is 32.1. The second kappa shape index (κ2) is 28.7. The van der Waals surface area contributed by atoms with Crippen LogP contribution in [0.5, 0.6) is 11.5 Å². The lowest BCUT2D eigenvalue weighted by Gasteiger charge is -2.66. The standard InChI is InChI=1S/C76H37F15N20O13S2/c77-72(78,79)62-96-56(101-120-62)37-11-18-107(51(112)24-37)68(31-36-32-94-119-33-36,44-4-3-17-106-23-16-92-61(44)106)69(42-7-9-45-50(30-42)125-34-93-45,108-19-12-38(25-52(108)113)57-97-63(121-102-57)73(80,81)82)70(67-95-46-5-1-2-6-49(46)126-67,109-20-13-39(26-53(109)114)58-98-64(122-103-58)74(83,84)85)71(43-8-10-47-48(29-43)118-35-117-47,110-21-14-40(27-54(110)115)59-99-65(123-104-59)75(86,87)88)111-22-15-41(28-55(111)116)60-100-66(124-105-60)76(89,90)91/h1-30,32-34H,31,35H2. The molecule has 50 heteroatoms. The van der Waals surface area contributed by atoms with Crippen molar-refractivity contribution in [2.75, 3.05) is 6.79 Å². The molecule has 0 fully saturated rings. The molecule has 0 N–H and O–H groups in total. The summed E-state index contributed by atoms with van der Waals surface area (Å²) in [5, 5.41) is 21.1. The summed E-state index contributed by atoms with van der Waals surface area (Å²) < 4.78 is 268. The van der Waals surface area contributed by atoms with E-state index >= 15 is 24.0 Å². The minimum absolute atomic E-state index is 0.0121. The van der Waals surface area contributed by atoms with Gasteiger partial charge in [-0.2, -0.15) is 90.8 Å². The van der Waals surface area contributed by atoms with E-state index in [1.165, 1.54) is 83.1 Å². The maximum atomic E-state index is 18.3. The quantitative estimate of drug-likeness (QED) is 0.0678. The molecule has 18 aromatic rings. The monoisotopic (exact) mass is 1790 g/mol. The fourth-order valence-electron chi connectivity index (χ4n) is 15.9. The molecule has 16 heterocycles. The molecule has 3 atom stereocenters. The van der Waals surface area contributed by atoms with Gasteiger partial charge in [-0.3, -0.25) is 42.2 Å². The number of fused-ring (bicyclic) bond motifs is 4. The SMILES string of the molecule is O=c1cc(-c2noc(C(F)(F)F)n2)ccn1C(Cc1cnoc1)(c1cccn2ccnc12)C(c1ccc2ncsc2c1)(n1ccc(-c2noc(C(F)(F)F)n2)cc1=O)C(c1nc2ccccc2s1)(n1ccc(-c2noc(C(F)(F)F)n2)cc1=O)C(c1ccc2c(c1)OCO2)(n1ccc(-c2noc(C(F)(F)F)n2)cc1=O)n1ccc(-c2noc(C(F)(F)F)n2)cc1=O. The Morgan fingerprint density at radius 3 is 1.30 bits per heavy atom. The minimum Gasteiger partial charge on any atom is -0.454 e. The van der Waals surface area contributed by atoms with Crippen molar-refractivity contribution in [3.05, 3.63) is 309 Å². The summed E-state index contributed by atoms with van der Waals surface area (Å²) >= 11 is 1.35. The second-order valence-electron chi connectivity index (χ2n) is 27.6. The van der Waals surface area contributed by atoms with Crippen LogP contribution >= 0.6 is 22.7 Å². The van der Waals surface area contributed by atoms with Crippen LogP contribution in [0, 0.1) is 0 Å². The predicted molar refractivity (Wildman–Crippen MR) is 396 cm³/mol. The fraction of sp³-hybridized carbons (Fsp3) is 0.145. The van der Waals surface area contributed by atoms with E-state index in [2.05, 4.69) is 74.4 Å². The normalized spacial score (nSPS) is 14.5. The summed E-state index contributed by atoms with van der Waals surface area (Å²) in [6.07, 6.45) is -18.0. The van der Waals surface area contributed by atoms with Gasteiger partial charge in [0, 0.05) is 131 Å². The molecular formula is C76H37F15N20O13S2. The van der Waals surface area contributed by atoms with Gasteiger partial charge in [0.05, 0.1) is 32.1 Å². The number of hydrogen-bond acceptors (Lipinski definition) is 29. The molecule has 0 aliphatic carbocycles. The van der Waals surface area contributed by atoms with E-state index in [1.807, 2.05) is 0 Å². The van der Waals surface area contributed by atoms with Crippen molar-refractivity contribution in [3.8, 4) is 68.4 Å². The van der Waals surface area contributed by atoms with Gasteiger partial charge in [-0.15, -0.1) is 22.7 Å². The van der Waals surface area contributed by atoms with Crippen LogP contribution < -0.4 is 37.3 Å². The topological polar surface area (TPSA) is 392 Å². The summed E-state index contributed by atoms with van der Waals surface area (Å²) in [5.41, 5.74) is -27.6. The fourth-order valence-corrected chi connectivity index (χ4v) is 17.9. The number of thiazole rings is 2. The minimum atomic E-state index is -5.42. The van der Waals surface area contributed by atoms with Crippen LogP contribution in [0.1, 0.15) is 56.7 Å². The van der Waals surface area contributed by atoms with Crippen molar-refractivity contribution in [1.29, 1.82) is 0 Å². The smallest absolute Gasteiger partial charge is 0.454 e. The molecule has 1 aliphatic heterocycles. The van der Waals surface area contributed by atoms with Gasteiger partial charge in [0.15, 0.2) is 22.7 Å². The van der Waals surface area contributed by atoms with E-state index < -0.39 is 202 Å². The van der Waals surface area contributed by atoms with Crippen LogP contribution in [-0.4, -0.2) is 105 Å². The number of alkyl halides is 15. The Labute approximate surface area is 690 Å². The molecule has 0 bridgehead atoms. The number of hydrogen-bond donors (Lipinski definition) is 0. The van der Waals surface area contributed by atoms with Gasteiger partial charge in [0.25, 0.3) is 27.8 Å². The Morgan fingerprint density at radius 1 is 0.397 bits per heavy atom. The Hall–Kier alpha value is -15.7. The lowest BCUT2D eigenvalue weighted by Crippen LogP contribution is -2.82. The largest absolute Gasteiger partial charge is 0.471 e. The number of aromatic nitrogens is 20. The molecule has 0 spiro atoms. The molecule has 15 aromatic heterocycles. The first-order chi connectivity index (χ1) is 60.1. The Bertz CT molecular complexity index is 7540. The number of ether oxygens (including phenoxy) is 2. The van der Waals surface area contributed by atoms with Crippen molar-refractivity contribution < 1.29 is 102 Å². The van der Waals surface area contributed by atoms with Crippen molar-refractivity contribution in [2.45, 2.75) is 59.6 Å². The zero-order valence-electron chi connectivity index (χ0n) is 61.7. The van der Waals surface area contributed by atoms with E-state index in [9.17, 15) is 65.9 Å². The third-order valence-electron chi connectivity index (χ3n) is 20.6. The number of para-hydroxylation sites is 1. The van der Waals surface area contributed by atoms with Crippen LogP contribution in [0.4, 0.5) is 65.9 Å². The summed E-state index contributed by atoms with van der Waals surface area (Å²) in [7, 11) is 0. The summed E-state index contributed by atoms with van der Waals surface area (Å²) in [6, 6.07) is 23.0. The van der Waals surface area contributed by atoms with Crippen molar-refractivity contribution in [3.63, 3.8) is 0 Å². The van der Waals surface area contributed by atoms with Crippen LogP contribution in [-0.2, 0) is 59.6 Å². The number of halogens is 15. The first-order valence-corrected chi connectivity index (χ1v) is 37.4. The lowest BCUT2D eigenvalue weighted by molar-refractivity contribution is -0.160. The maximum Gasteiger partial charge on any atom is 0.471 e. The zero-order chi connectivity index (χ0) is 88.2. The Morgan fingerprint density at radius 2 is 0.849 bits per heavy atom. The molecule has 0 saturated carbocycles. The van der Waals surface area contributed by atoms with Gasteiger partial charge in [-0.05, 0) is 78.4 Å². The van der Waals surface area contributed by atoms with E-state index in [0.717, 1.165) is 112 Å². The van der Waals surface area contributed by atoms with Gasteiger partial charge in [0.1, 0.15) is 28.0 Å². The van der Waals surface area contributed by atoms with Gasteiger partial charge in [-0.25, -0.2) is 15.0 Å². The summed E-state index contributed by atoms with van der Waals surface area (Å²) in [5.74, 6) is -15.4. The van der Waals surface area contributed by atoms with Crippen LogP contribution in [0.25, 0.3) is 83.0 Å². The first-order valence-electron chi connectivity index (χ1n) is 35.7. The lowest BCUT2D eigenvalue weighted by atomic mass is 9.51.